The molecule has 16 heteroatoms. The van der Waals surface area contributed by atoms with Gasteiger partial charge in [-0.15, -0.1) is 0 Å². The van der Waals surface area contributed by atoms with Crippen molar-refractivity contribution in [2.24, 2.45) is 16.0 Å². The molecule has 0 saturated carbocycles. The number of amides is 2. The standard InChI is InChI=1S/C22H26F6N8O2/c1-12(33-16-11-32-34-18(37)17(16)22(26,27)28)8-29-15-4-7-36(19(15)38)14-2-5-35(6-3-14)20-30-9-13(10-31-20)21(23,24)25/h9-12,14-15,17,29H,2-8H2,1H3,(H,34,37)/t12-,15-,17?/m0/s1. The van der Waals surface area contributed by atoms with Crippen LogP contribution >= 0.6 is 0 Å². The Kier molecular flexibility index (Phi) is 7.90. The van der Waals surface area contributed by atoms with Gasteiger partial charge >= 0.3 is 12.4 Å². The number of halogens is 6. The van der Waals surface area contributed by atoms with Crippen molar-refractivity contribution in [2.75, 3.05) is 31.1 Å². The number of rotatable bonds is 6. The third-order valence-electron chi connectivity index (χ3n) is 6.68. The number of hydrazone groups is 1. The summed E-state index contributed by atoms with van der Waals surface area (Å²) < 4.78 is 77.9. The number of carbonyl (C=O) groups is 2. The Balaban J connectivity index is 1.27. The smallest absolute Gasteiger partial charge is 0.341 e. The number of nitrogens with zero attached hydrogens (tertiary/aromatic N) is 6. The Labute approximate surface area is 213 Å². The predicted molar refractivity (Wildman–Crippen MR) is 123 cm³/mol. The average molecular weight is 548 g/mol. The van der Waals surface area contributed by atoms with E-state index >= 15 is 0 Å². The first-order chi connectivity index (χ1) is 17.8. The number of aliphatic imine (C=N–C) groups is 1. The van der Waals surface area contributed by atoms with Crippen molar-refractivity contribution in [2.45, 2.75) is 56.7 Å². The van der Waals surface area contributed by atoms with Crippen LogP contribution in [0.1, 0.15) is 31.7 Å². The molecular weight excluding hydrogens is 522 g/mol. The Morgan fingerprint density at radius 3 is 2.34 bits per heavy atom. The maximum atomic E-state index is 13.3. The second-order valence-electron chi connectivity index (χ2n) is 9.38. The fraction of sp³-hybridized carbons (Fsp3) is 0.636. The van der Waals surface area contributed by atoms with Crippen LogP contribution in [0.4, 0.5) is 32.3 Å². The molecule has 3 aliphatic rings. The van der Waals surface area contributed by atoms with Crippen molar-refractivity contribution in [1.29, 1.82) is 0 Å². The molecule has 38 heavy (non-hydrogen) atoms. The summed E-state index contributed by atoms with van der Waals surface area (Å²) in [5.74, 6) is -3.62. The van der Waals surface area contributed by atoms with Crippen molar-refractivity contribution in [3.63, 3.8) is 0 Å². The fourth-order valence-electron chi connectivity index (χ4n) is 4.73. The zero-order valence-electron chi connectivity index (χ0n) is 20.3. The first kappa shape index (κ1) is 27.7. The first-order valence-electron chi connectivity index (χ1n) is 12.0. The monoisotopic (exact) mass is 548 g/mol. The van der Waals surface area contributed by atoms with Gasteiger partial charge in [-0.2, -0.15) is 31.4 Å². The molecule has 1 aromatic rings. The largest absolute Gasteiger partial charge is 0.419 e. The highest BCUT2D eigenvalue weighted by atomic mass is 19.4. The van der Waals surface area contributed by atoms with Gasteiger partial charge in [0.2, 0.25) is 11.9 Å². The Morgan fingerprint density at radius 2 is 1.74 bits per heavy atom. The number of alkyl halides is 6. The van der Waals surface area contributed by atoms with E-state index in [1.165, 1.54) is 0 Å². The summed E-state index contributed by atoms with van der Waals surface area (Å²) in [6.45, 7) is 3.15. The van der Waals surface area contributed by atoms with Crippen LogP contribution < -0.4 is 15.6 Å². The van der Waals surface area contributed by atoms with E-state index in [4.69, 9.17) is 0 Å². The zero-order valence-corrected chi connectivity index (χ0v) is 20.3. The highest BCUT2D eigenvalue weighted by Gasteiger charge is 2.49. The second-order valence-corrected chi connectivity index (χ2v) is 9.38. The highest BCUT2D eigenvalue weighted by molar-refractivity contribution is 6.37. The molecule has 0 aromatic carbocycles. The number of nitrogens with one attached hydrogen (secondary N) is 2. The van der Waals surface area contributed by atoms with Crippen LogP contribution in [0.15, 0.2) is 22.5 Å². The molecule has 4 heterocycles. The molecule has 4 rings (SSSR count). The van der Waals surface area contributed by atoms with E-state index in [9.17, 15) is 35.9 Å². The fourth-order valence-corrected chi connectivity index (χ4v) is 4.73. The molecule has 2 saturated heterocycles. The van der Waals surface area contributed by atoms with Gasteiger partial charge in [0.05, 0.1) is 29.6 Å². The minimum absolute atomic E-state index is 0.0535. The van der Waals surface area contributed by atoms with Gasteiger partial charge in [-0.25, -0.2) is 15.4 Å². The molecule has 3 atom stereocenters. The van der Waals surface area contributed by atoms with Gasteiger partial charge in [-0.1, -0.05) is 0 Å². The van der Waals surface area contributed by atoms with Gasteiger partial charge in [-0.05, 0) is 26.2 Å². The van der Waals surface area contributed by atoms with Gasteiger partial charge < -0.3 is 15.1 Å². The molecule has 2 fully saturated rings. The molecule has 1 aromatic heterocycles. The lowest BCUT2D eigenvalue weighted by atomic mass is 10.0. The quantitative estimate of drug-likeness (QED) is 0.524. The van der Waals surface area contributed by atoms with Crippen LogP contribution in [0, 0.1) is 5.92 Å². The van der Waals surface area contributed by atoms with Gasteiger partial charge in [0, 0.05) is 44.6 Å². The molecule has 10 nitrogen and oxygen atoms in total. The van der Waals surface area contributed by atoms with Crippen molar-refractivity contribution < 1.29 is 35.9 Å². The topological polar surface area (TPSA) is 115 Å². The molecule has 208 valence electrons. The molecule has 0 radical (unpaired) electrons. The lowest BCUT2D eigenvalue weighted by molar-refractivity contribution is -0.168. The van der Waals surface area contributed by atoms with E-state index in [0.29, 0.717) is 38.9 Å². The number of hydrogen-bond donors (Lipinski definition) is 2. The van der Waals surface area contributed by atoms with Crippen molar-refractivity contribution in [3.8, 4) is 0 Å². The van der Waals surface area contributed by atoms with Crippen molar-refractivity contribution >= 4 is 29.7 Å². The van der Waals surface area contributed by atoms with E-state index in [0.717, 1.165) is 18.6 Å². The van der Waals surface area contributed by atoms with Crippen LogP contribution in [0.3, 0.4) is 0 Å². The summed E-state index contributed by atoms with van der Waals surface area (Å²) in [5.41, 5.74) is 0.385. The van der Waals surface area contributed by atoms with Gasteiger partial charge in [0.25, 0.3) is 5.91 Å². The maximum Gasteiger partial charge on any atom is 0.419 e. The highest BCUT2D eigenvalue weighted by Crippen LogP contribution is 2.30. The SMILES string of the molecule is C[C@@H](CN[C@H]1CCN(C2CCN(c3ncc(C(F)(F)F)cn3)CC2)C1=O)N=C1C=NNC(=O)C1C(F)(F)F. The number of carbonyl (C=O) groups excluding carboxylic acids is 2. The lowest BCUT2D eigenvalue weighted by Gasteiger charge is -2.36. The van der Waals surface area contributed by atoms with E-state index in [2.05, 4.69) is 25.4 Å². The van der Waals surface area contributed by atoms with E-state index in [1.807, 2.05) is 0 Å². The molecule has 0 aliphatic carbocycles. The average Bonchev–Trinajstić information content (AvgIpc) is 3.21. The minimum Gasteiger partial charge on any atom is -0.341 e. The van der Waals surface area contributed by atoms with E-state index in [1.54, 1.807) is 22.1 Å². The summed E-state index contributed by atoms with van der Waals surface area (Å²) in [4.78, 5) is 39.8. The summed E-state index contributed by atoms with van der Waals surface area (Å²) in [5, 5.41) is 6.47. The van der Waals surface area contributed by atoms with Crippen LogP contribution in [-0.4, -0.2) is 89.1 Å². The Hall–Kier alpha value is -3.30. The van der Waals surface area contributed by atoms with Crippen LogP contribution in [0.25, 0.3) is 0 Å². The number of anilines is 1. The number of aromatic nitrogens is 2. The van der Waals surface area contributed by atoms with Gasteiger partial charge in [0.1, 0.15) is 0 Å². The maximum absolute atomic E-state index is 13.3. The molecular formula is C22H26F6N8O2. The molecule has 2 amide bonds. The summed E-state index contributed by atoms with van der Waals surface area (Å²) in [6.07, 6.45) is -5.25. The second kappa shape index (κ2) is 10.8. The third-order valence-corrected chi connectivity index (χ3v) is 6.68. The summed E-state index contributed by atoms with van der Waals surface area (Å²) in [7, 11) is 0. The molecule has 2 N–H and O–H groups in total. The molecule has 3 aliphatic heterocycles. The first-order valence-corrected chi connectivity index (χ1v) is 12.0. The molecule has 1 unspecified atom stereocenters. The Bertz CT molecular complexity index is 1080. The van der Waals surface area contributed by atoms with Crippen molar-refractivity contribution in [1.82, 2.24) is 25.6 Å². The Morgan fingerprint density at radius 1 is 1.08 bits per heavy atom. The van der Waals surface area contributed by atoms with E-state index < -0.39 is 47.5 Å². The number of likely N-dealkylation sites (tertiary alicyclic amines) is 1. The lowest BCUT2D eigenvalue weighted by Crippen LogP contribution is -2.49. The zero-order chi connectivity index (χ0) is 27.7. The van der Waals surface area contributed by atoms with Crippen molar-refractivity contribution in [3.05, 3.63) is 18.0 Å². The predicted octanol–water partition coefficient (Wildman–Crippen LogP) is 1.78. The van der Waals surface area contributed by atoms with Gasteiger partial charge in [-0.3, -0.25) is 14.6 Å². The summed E-state index contributed by atoms with van der Waals surface area (Å²) in [6, 6.07) is -1.22. The normalized spacial score (nSPS) is 25.3. The van der Waals surface area contributed by atoms with Gasteiger partial charge in [0.15, 0.2) is 5.92 Å². The number of hydrogen-bond acceptors (Lipinski definition) is 8. The minimum atomic E-state index is -4.81. The third kappa shape index (κ3) is 6.22. The van der Waals surface area contributed by atoms with E-state index in [-0.39, 0.29) is 24.4 Å². The van der Waals surface area contributed by atoms with Crippen LogP contribution in [-0.2, 0) is 15.8 Å². The van der Waals surface area contributed by atoms with Crippen LogP contribution in [0.2, 0.25) is 0 Å². The van der Waals surface area contributed by atoms with Crippen LogP contribution in [0.5, 0.6) is 0 Å². The molecule has 0 spiro atoms. The molecule has 0 bridgehead atoms. The number of piperidine rings is 1. The summed E-state index contributed by atoms with van der Waals surface area (Å²) >= 11 is 0.